The summed E-state index contributed by atoms with van der Waals surface area (Å²) in [5, 5.41) is 4.36. The first kappa shape index (κ1) is 16.8. The molecule has 2 nitrogen and oxygen atoms in total. The molecular weight excluding hydrogens is 280 g/mol. The van der Waals surface area contributed by atoms with Gasteiger partial charge in [-0.25, -0.2) is 0 Å². The first-order valence-electron chi connectivity index (χ1n) is 8.38. The van der Waals surface area contributed by atoms with Gasteiger partial charge in [-0.3, -0.25) is 0 Å². The molecule has 1 aromatic rings. The van der Waals surface area contributed by atoms with Crippen LogP contribution in [0.3, 0.4) is 0 Å². The molecule has 21 heavy (non-hydrogen) atoms. The summed E-state index contributed by atoms with van der Waals surface area (Å²) in [6.45, 7) is 9.46. The molecular formula is C18H29ClN2. The van der Waals surface area contributed by atoms with Crippen LogP contribution >= 0.6 is 11.6 Å². The van der Waals surface area contributed by atoms with Crippen molar-refractivity contribution in [3.63, 3.8) is 0 Å². The van der Waals surface area contributed by atoms with E-state index >= 15 is 0 Å². The van der Waals surface area contributed by atoms with Crippen molar-refractivity contribution < 1.29 is 0 Å². The van der Waals surface area contributed by atoms with Crippen molar-refractivity contribution in [1.29, 1.82) is 0 Å². The van der Waals surface area contributed by atoms with Gasteiger partial charge >= 0.3 is 0 Å². The van der Waals surface area contributed by atoms with Gasteiger partial charge in [0, 0.05) is 17.6 Å². The quantitative estimate of drug-likeness (QED) is 0.819. The van der Waals surface area contributed by atoms with Crippen LogP contribution in [0.5, 0.6) is 0 Å². The van der Waals surface area contributed by atoms with Gasteiger partial charge in [-0.15, -0.1) is 0 Å². The first-order chi connectivity index (χ1) is 10.2. The fourth-order valence-corrected chi connectivity index (χ4v) is 3.41. The zero-order chi connectivity index (χ0) is 15.1. The Labute approximate surface area is 134 Å². The van der Waals surface area contributed by atoms with Crippen LogP contribution in [-0.4, -0.2) is 37.1 Å². The Balaban J connectivity index is 1.90. The summed E-state index contributed by atoms with van der Waals surface area (Å²) in [5.74, 6) is 0.818. The molecule has 0 radical (unpaired) electrons. The van der Waals surface area contributed by atoms with Crippen LogP contribution in [0.15, 0.2) is 24.3 Å². The van der Waals surface area contributed by atoms with E-state index in [4.69, 9.17) is 11.6 Å². The molecule has 2 rings (SSSR count). The number of piperidine rings is 1. The Morgan fingerprint density at radius 3 is 2.71 bits per heavy atom. The Morgan fingerprint density at radius 1 is 1.33 bits per heavy atom. The normalized spacial score (nSPS) is 20.7. The standard InChI is InChI=1S/C18H29ClN2/c1-3-11-21(14-17-5-4-10-20-13-17)15(2)12-16-6-8-18(19)9-7-16/h6-9,15,17,20H,3-5,10-14H2,1-2H3. The largest absolute Gasteiger partial charge is 0.316 e. The van der Waals surface area contributed by atoms with Crippen LogP contribution in [-0.2, 0) is 6.42 Å². The van der Waals surface area contributed by atoms with Crippen molar-refractivity contribution in [1.82, 2.24) is 10.2 Å². The van der Waals surface area contributed by atoms with E-state index in [1.54, 1.807) is 0 Å². The molecule has 1 N–H and O–H groups in total. The third-order valence-corrected chi connectivity index (χ3v) is 4.72. The topological polar surface area (TPSA) is 15.3 Å². The minimum absolute atomic E-state index is 0.591. The van der Waals surface area contributed by atoms with Gasteiger partial charge in [0.1, 0.15) is 0 Å². The number of rotatable bonds is 7. The highest BCUT2D eigenvalue weighted by atomic mass is 35.5. The van der Waals surface area contributed by atoms with Crippen LogP contribution < -0.4 is 5.32 Å². The van der Waals surface area contributed by atoms with Crippen LogP contribution in [0.25, 0.3) is 0 Å². The highest BCUT2D eigenvalue weighted by Crippen LogP contribution is 2.17. The van der Waals surface area contributed by atoms with Crippen LogP contribution in [0, 0.1) is 5.92 Å². The monoisotopic (exact) mass is 308 g/mol. The summed E-state index contributed by atoms with van der Waals surface area (Å²) in [5.41, 5.74) is 1.38. The second kappa shape index (κ2) is 8.77. The second-order valence-corrected chi connectivity index (χ2v) is 6.82. The van der Waals surface area contributed by atoms with E-state index in [0.717, 1.165) is 17.4 Å². The van der Waals surface area contributed by atoms with Gasteiger partial charge in [0.05, 0.1) is 0 Å². The van der Waals surface area contributed by atoms with Gasteiger partial charge in [-0.1, -0.05) is 30.7 Å². The molecule has 1 aromatic carbocycles. The third kappa shape index (κ3) is 5.61. The Hall–Kier alpha value is -0.570. The average molecular weight is 309 g/mol. The predicted octanol–water partition coefficient (Wildman–Crippen LogP) is 3.98. The zero-order valence-corrected chi connectivity index (χ0v) is 14.2. The maximum atomic E-state index is 5.97. The Bertz CT molecular complexity index is 398. The lowest BCUT2D eigenvalue weighted by molar-refractivity contribution is 0.161. The molecule has 0 bridgehead atoms. The number of benzene rings is 1. The van der Waals surface area contributed by atoms with Gasteiger partial charge in [0.25, 0.3) is 0 Å². The summed E-state index contributed by atoms with van der Waals surface area (Å²) in [7, 11) is 0. The van der Waals surface area contributed by atoms with E-state index in [1.807, 2.05) is 12.1 Å². The van der Waals surface area contributed by atoms with E-state index in [-0.39, 0.29) is 0 Å². The molecule has 118 valence electrons. The number of nitrogens with one attached hydrogen (secondary N) is 1. The average Bonchev–Trinajstić information content (AvgIpc) is 2.50. The molecule has 2 atom stereocenters. The fourth-order valence-electron chi connectivity index (χ4n) is 3.28. The number of hydrogen-bond donors (Lipinski definition) is 1. The predicted molar refractivity (Wildman–Crippen MR) is 92.1 cm³/mol. The second-order valence-electron chi connectivity index (χ2n) is 6.39. The van der Waals surface area contributed by atoms with Crippen LogP contribution in [0.4, 0.5) is 0 Å². The summed E-state index contributed by atoms with van der Waals surface area (Å²) < 4.78 is 0. The van der Waals surface area contributed by atoms with E-state index in [0.29, 0.717) is 6.04 Å². The Morgan fingerprint density at radius 2 is 2.10 bits per heavy atom. The van der Waals surface area contributed by atoms with Crippen molar-refractivity contribution in [3.05, 3.63) is 34.9 Å². The highest BCUT2D eigenvalue weighted by Gasteiger charge is 2.20. The zero-order valence-electron chi connectivity index (χ0n) is 13.4. The summed E-state index contributed by atoms with van der Waals surface area (Å²) in [4.78, 5) is 2.67. The fraction of sp³-hybridized carbons (Fsp3) is 0.667. The molecule has 1 aliphatic heterocycles. The molecule has 0 amide bonds. The smallest absolute Gasteiger partial charge is 0.0406 e. The maximum absolute atomic E-state index is 5.97. The number of nitrogens with zero attached hydrogens (tertiary/aromatic N) is 1. The number of hydrogen-bond acceptors (Lipinski definition) is 2. The van der Waals surface area contributed by atoms with Gasteiger partial charge in [-0.2, -0.15) is 0 Å². The van der Waals surface area contributed by atoms with Gasteiger partial charge < -0.3 is 10.2 Å². The molecule has 0 aliphatic carbocycles. The maximum Gasteiger partial charge on any atom is 0.0406 e. The highest BCUT2D eigenvalue weighted by molar-refractivity contribution is 6.30. The molecule has 3 heteroatoms. The van der Waals surface area contributed by atoms with E-state index in [9.17, 15) is 0 Å². The molecule has 2 unspecified atom stereocenters. The van der Waals surface area contributed by atoms with E-state index in [2.05, 4.69) is 36.2 Å². The summed E-state index contributed by atoms with van der Waals surface area (Å²) >= 11 is 5.97. The molecule has 0 spiro atoms. The molecule has 1 saturated heterocycles. The summed E-state index contributed by atoms with van der Waals surface area (Å²) in [6.07, 6.45) is 5.04. The van der Waals surface area contributed by atoms with Crippen LogP contribution in [0.1, 0.15) is 38.7 Å². The lowest BCUT2D eigenvalue weighted by Gasteiger charge is -2.34. The van der Waals surface area contributed by atoms with Crippen molar-refractivity contribution in [3.8, 4) is 0 Å². The molecule has 1 aliphatic rings. The minimum atomic E-state index is 0.591. The van der Waals surface area contributed by atoms with Gasteiger partial charge in [0.2, 0.25) is 0 Å². The molecule has 1 fully saturated rings. The first-order valence-corrected chi connectivity index (χ1v) is 8.76. The third-order valence-electron chi connectivity index (χ3n) is 4.47. The van der Waals surface area contributed by atoms with E-state index < -0.39 is 0 Å². The van der Waals surface area contributed by atoms with Crippen molar-refractivity contribution in [2.45, 2.75) is 45.6 Å². The molecule has 1 heterocycles. The van der Waals surface area contributed by atoms with Crippen molar-refractivity contribution in [2.75, 3.05) is 26.2 Å². The van der Waals surface area contributed by atoms with E-state index in [1.165, 1.54) is 51.0 Å². The van der Waals surface area contributed by atoms with Crippen LogP contribution in [0.2, 0.25) is 5.02 Å². The van der Waals surface area contributed by atoms with Gasteiger partial charge in [-0.05, 0) is 75.9 Å². The van der Waals surface area contributed by atoms with Crippen molar-refractivity contribution >= 4 is 11.6 Å². The SMILES string of the molecule is CCCN(CC1CCCNC1)C(C)Cc1ccc(Cl)cc1. The molecule has 0 saturated carbocycles. The lowest BCUT2D eigenvalue weighted by atomic mass is 9.97. The Kier molecular flexibility index (Phi) is 7.01. The number of halogens is 1. The summed E-state index contributed by atoms with van der Waals surface area (Å²) in [6, 6.07) is 8.90. The lowest BCUT2D eigenvalue weighted by Crippen LogP contribution is -2.43. The molecule has 0 aromatic heterocycles. The van der Waals surface area contributed by atoms with Gasteiger partial charge in [0.15, 0.2) is 0 Å². The minimum Gasteiger partial charge on any atom is -0.316 e. The van der Waals surface area contributed by atoms with Crippen molar-refractivity contribution in [2.24, 2.45) is 5.92 Å².